The SMILES string of the molecule is C=C/C(F)=C(CN)\C(F)=C/C. The zero-order chi connectivity index (χ0) is 8.85. The van der Waals surface area contributed by atoms with Gasteiger partial charge in [0.15, 0.2) is 0 Å². The van der Waals surface area contributed by atoms with Crippen LogP contribution in [0.15, 0.2) is 36.0 Å². The van der Waals surface area contributed by atoms with Crippen molar-refractivity contribution in [3.05, 3.63) is 36.0 Å². The highest BCUT2D eigenvalue weighted by molar-refractivity contribution is 5.32. The molecule has 0 heterocycles. The fraction of sp³-hybridized carbons (Fsp3) is 0.250. The normalized spacial score (nSPS) is 14.4. The summed E-state index contributed by atoms with van der Waals surface area (Å²) in [6.45, 7) is 4.48. The van der Waals surface area contributed by atoms with E-state index in [9.17, 15) is 8.78 Å². The topological polar surface area (TPSA) is 26.0 Å². The Morgan fingerprint density at radius 2 is 2.09 bits per heavy atom. The summed E-state index contributed by atoms with van der Waals surface area (Å²) in [7, 11) is 0. The molecule has 0 aliphatic heterocycles. The minimum atomic E-state index is -0.705. The molecular formula is C8H11F2N. The zero-order valence-electron chi connectivity index (χ0n) is 6.40. The van der Waals surface area contributed by atoms with Gasteiger partial charge in [0.2, 0.25) is 0 Å². The van der Waals surface area contributed by atoms with Crippen LogP contribution in [0, 0.1) is 0 Å². The third kappa shape index (κ3) is 2.63. The van der Waals surface area contributed by atoms with Crippen LogP contribution in [0.25, 0.3) is 0 Å². The van der Waals surface area contributed by atoms with Crippen LogP contribution in [-0.2, 0) is 0 Å². The van der Waals surface area contributed by atoms with E-state index in [2.05, 4.69) is 6.58 Å². The van der Waals surface area contributed by atoms with Crippen LogP contribution in [0.2, 0.25) is 0 Å². The molecule has 0 saturated carbocycles. The van der Waals surface area contributed by atoms with Crippen molar-refractivity contribution < 1.29 is 8.78 Å². The molecule has 62 valence electrons. The second kappa shape index (κ2) is 4.79. The monoisotopic (exact) mass is 159 g/mol. The molecular weight excluding hydrogens is 148 g/mol. The summed E-state index contributed by atoms with van der Waals surface area (Å²) < 4.78 is 25.3. The van der Waals surface area contributed by atoms with Crippen molar-refractivity contribution in [3.63, 3.8) is 0 Å². The summed E-state index contributed by atoms with van der Waals surface area (Å²) in [4.78, 5) is 0. The van der Waals surface area contributed by atoms with E-state index in [0.717, 1.165) is 12.2 Å². The van der Waals surface area contributed by atoms with Crippen molar-refractivity contribution in [3.8, 4) is 0 Å². The fourth-order valence-corrected chi connectivity index (χ4v) is 0.607. The Labute approximate surface area is 64.9 Å². The van der Waals surface area contributed by atoms with Gasteiger partial charge in [-0.3, -0.25) is 0 Å². The van der Waals surface area contributed by atoms with Gasteiger partial charge in [0.1, 0.15) is 11.7 Å². The lowest BCUT2D eigenvalue weighted by Crippen LogP contribution is -2.05. The lowest BCUT2D eigenvalue weighted by molar-refractivity contribution is 0.603. The molecule has 0 bridgehead atoms. The third-order valence-electron chi connectivity index (χ3n) is 1.21. The van der Waals surface area contributed by atoms with E-state index in [-0.39, 0.29) is 12.1 Å². The molecule has 0 radical (unpaired) electrons. The lowest BCUT2D eigenvalue weighted by Gasteiger charge is -2.00. The molecule has 0 saturated heterocycles. The smallest absolute Gasteiger partial charge is 0.130 e. The second-order valence-electron chi connectivity index (χ2n) is 1.87. The second-order valence-corrected chi connectivity index (χ2v) is 1.87. The van der Waals surface area contributed by atoms with E-state index in [4.69, 9.17) is 5.73 Å². The molecule has 0 aromatic carbocycles. The number of rotatable bonds is 3. The molecule has 0 amide bonds. The molecule has 0 rings (SSSR count). The molecule has 3 heteroatoms. The summed E-state index contributed by atoms with van der Waals surface area (Å²) in [5, 5.41) is 0. The molecule has 0 unspecified atom stereocenters. The van der Waals surface area contributed by atoms with E-state index < -0.39 is 11.7 Å². The number of hydrogen-bond donors (Lipinski definition) is 1. The molecule has 11 heavy (non-hydrogen) atoms. The van der Waals surface area contributed by atoms with Gasteiger partial charge in [-0.25, -0.2) is 8.78 Å². The molecule has 2 N–H and O–H groups in total. The Bertz CT molecular complexity index is 204. The lowest BCUT2D eigenvalue weighted by atomic mass is 10.2. The highest BCUT2D eigenvalue weighted by Crippen LogP contribution is 2.16. The predicted molar refractivity (Wildman–Crippen MR) is 42.3 cm³/mol. The van der Waals surface area contributed by atoms with E-state index in [1.165, 1.54) is 6.92 Å². The van der Waals surface area contributed by atoms with Crippen molar-refractivity contribution in [2.45, 2.75) is 6.92 Å². The molecule has 0 fully saturated rings. The van der Waals surface area contributed by atoms with Gasteiger partial charge in [0.25, 0.3) is 0 Å². The highest BCUT2D eigenvalue weighted by Gasteiger charge is 2.05. The maximum Gasteiger partial charge on any atom is 0.130 e. The first-order valence-electron chi connectivity index (χ1n) is 3.20. The van der Waals surface area contributed by atoms with Crippen LogP contribution < -0.4 is 5.73 Å². The molecule has 0 aliphatic carbocycles. The standard InChI is InChI=1S/C8H11F2N/c1-3-7(9)6(5-11)8(10)4-2/h3-4H,1,5,11H2,2H3/b7-6+,8-4+. The first-order chi connectivity index (χ1) is 5.17. The van der Waals surface area contributed by atoms with E-state index in [0.29, 0.717) is 0 Å². The summed E-state index contributed by atoms with van der Waals surface area (Å²) in [5.41, 5.74) is 4.96. The van der Waals surface area contributed by atoms with Crippen molar-refractivity contribution in [1.82, 2.24) is 0 Å². The van der Waals surface area contributed by atoms with Crippen LogP contribution in [0.4, 0.5) is 8.78 Å². The van der Waals surface area contributed by atoms with Gasteiger partial charge in [-0.1, -0.05) is 12.7 Å². The Balaban J connectivity index is 4.79. The van der Waals surface area contributed by atoms with Crippen LogP contribution in [0.1, 0.15) is 6.92 Å². The summed E-state index contributed by atoms with van der Waals surface area (Å²) in [5.74, 6) is -1.34. The van der Waals surface area contributed by atoms with Gasteiger partial charge in [-0.05, 0) is 13.0 Å². The van der Waals surface area contributed by atoms with Gasteiger partial charge in [-0.2, -0.15) is 0 Å². The maximum absolute atomic E-state index is 12.7. The maximum atomic E-state index is 12.7. The number of halogens is 2. The molecule has 0 aromatic heterocycles. The number of nitrogens with two attached hydrogens (primary N) is 1. The van der Waals surface area contributed by atoms with Crippen molar-refractivity contribution in [2.24, 2.45) is 5.73 Å². The minimum Gasteiger partial charge on any atom is -0.326 e. The predicted octanol–water partition coefficient (Wildman–Crippen LogP) is 2.23. The zero-order valence-corrected chi connectivity index (χ0v) is 6.40. The summed E-state index contributed by atoms with van der Waals surface area (Å²) in [6, 6.07) is 0. The van der Waals surface area contributed by atoms with Gasteiger partial charge >= 0.3 is 0 Å². The summed E-state index contributed by atoms with van der Waals surface area (Å²) in [6.07, 6.45) is 2.09. The third-order valence-corrected chi connectivity index (χ3v) is 1.21. The van der Waals surface area contributed by atoms with Crippen LogP contribution >= 0.6 is 0 Å². The van der Waals surface area contributed by atoms with Crippen molar-refractivity contribution in [2.75, 3.05) is 6.54 Å². The first-order valence-corrected chi connectivity index (χ1v) is 3.20. The summed E-state index contributed by atoms with van der Waals surface area (Å²) >= 11 is 0. The molecule has 0 aromatic rings. The quantitative estimate of drug-likeness (QED) is 0.628. The average Bonchev–Trinajstić information content (AvgIpc) is 2.05. The minimum absolute atomic E-state index is 0.137. The van der Waals surface area contributed by atoms with E-state index in [1.807, 2.05) is 0 Å². The highest BCUT2D eigenvalue weighted by atomic mass is 19.1. The molecule has 0 spiro atoms. The fourth-order valence-electron chi connectivity index (χ4n) is 0.607. The Kier molecular flexibility index (Phi) is 4.38. The molecule has 0 aliphatic rings. The Hall–Kier alpha value is -0.960. The van der Waals surface area contributed by atoms with Crippen LogP contribution in [0.5, 0.6) is 0 Å². The van der Waals surface area contributed by atoms with Crippen LogP contribution in [0.3, 0.4) is 0 Å². The largest absolute Gasteiger partial charge is 0.326 e. The van der Waals surface area contributed by atoms with Gasteiger partial charge in [0, 0.05) is 12.1 Å². The van der Waals surface area contributed by atoms with Crippen molar-refractivity contribution >= 4 is 0 Å². The van der Waals surface area contributed by atoms with Crippen molar-refractivity contribution in [1.29, 1.82) is 0 Å². The molecule has 0 atom stereocenters. The Morgan fingerprint density at radius 3 is 2.36 bits per heavy atom. The first kappa shape index (κ1) is 10.0. The van der Waals surface area contributed by atoms with Gasteiger partial charge in [-0.15, -0.1) is 0 Å². The Morgan fingerprint density at radius 1 is 1.55 bits per heavy atom. The van der Waals surface area contributed by atoms with Gasteiger partial charge < -0.3 is 5.73 Å². The van der Waals surface area contributed by atoms with E-state index in [1.54, 1.807) is 0 Å². The average molecular weight is 159 g/mol. The van der Waals surface area contributed by atoms with Gasteiger partial charge in [0.05, 0.1) is 0 Å². The van der Waals surface area contributed by atoms with Crippen LogP contribution in [-0.4, -0.2) is 6.54 Å². The van der Waals surface area contributed by atoms with E-state index >= 15 is 0 Å². The number of hydrogen-bond acceptors (Lipinski definition) is 1. The molecule has 1 nitrogen and oxygen atoms in total. The number of allylic oxidation sites excluding steroid dienone is 3.